The number of nitriles is 1. The number of hydrogen-bond acceptors (Lipinski definition) is 6. The summed E-state index contributed by atoms with van der Waals surface area (Å²) < 4.78 is 31.8. The first kappa shape index (κ1) is 21.9. The van der Waals surface area contributed by atoms with Gasteiger partial charge in [-0.3, -0.25) is 9.59 Å². The molecule has 0 saturated carbocycles. The smallest absolute Gasteiger partial charge is 0.306 e. The second-order valence-electron chi connectivity index (χ2n) is 6.99. The molecule has 0 aromatic heterocycles. The zero-order chi connectivity index (χ0) is 20.7. The predicted octanol–water partition coefficient (Wildman–Crippen LogP) is 1.37. The number of ether oxygens (including phenoxy) is 1. The van der Waals surface area contributed by atoms with Crippen LogP contribution >= 0.6 is 0 Å². The number of esters is 1. The van der Waals surface area contributed by atoms with Crippen LogP contribution in [0.25, 0.3) is 0 Å². The average Bonchev–Trinajstić information content (AvgIpc) is 2.70. The first-order chi connectivity index (χ1) is 13.3. The molecule has 28 heavy (non-hydrogen) atoms. The molecule has 0 bridgehead atoms. The Morgan fingerprint density at radius 1 is 1.18 bits per heavy atom. The maximum absolute atomic E-state index is 12.8. The number of carbonyl (C=O) groups excluding carboxylic acids is 2. The quantitative estimate of drug-likeness (QED) is 0.632. The van der Waals surface area contributed by atoms with E-state index in [1.54, 1.807) is 12.1 Å². The Hall–Kier alpha value is -2.44. The summed E-state index contributed by atoms with van der Waals surface area (Å²) in [5.41, 5.74) is 0.0920. The third-order valence-corrected chi connectivity index (χ3v) is 6.46. The zero-order valence-electron chi connectivity index (χ0n) is 16.1. The standard InChI is InChI=1S/C19H25N3O5S/c1-15(2)7-8-19(24)27-14-18(23)21-9-11-22(12-10-21)28(25,26)17-6-4-3-5-16(17)13-20/h3-6,15H,7-12,14H2,1-2H3. The van der Waals surface area contributed by atoms with Crippen molar-refractivity contribution < 1.29 is 22.7 Å². The van der Waals surface area contributed by atoms with Crippen molar-refractivity contribution in [2.24, 2.45) is 5.92 Å². The molecular formula is C19H25N3O5S. The number of amides is 1. The van der Waals surface area contributed by atoms with Gasteiger partial charge in [0.25, 0.3) is 5.91 Å². The van der Waals surface area contributed by atoms with Crippen LogP contribution in [0.15, 0.2) is 29.2 Å². The van der Waals surface area contributed by atoms with Gasteiger partial charge in [-0.05, 0) is 24.5 Å². The highest BCUT2D eigenvalue weighted by molar-refractivity contribution is 7.89. The summed E-state index contributed by atoms with van der Waals surface area (Å²) in [5, 5.41) is 9.14. The monoisotopic (exact) mass is 407 g/mol. The van der Waals surface area contributed by atoms with Gasteiger partial charge in [0.15, 0.2) is 6.61 Å². The van der Waals surface area contributed by atoms with Crippen molar-refractivity contribution in [3.63, 3.8) is 0 Å². The third-order valence-electron chi connectivity index (χ3n) is 4.50. The second kappa shape index (κ2) is 9.66. The van der Waals surface area contributed by atoms with E-state index in [1.165, 1.54) is 21.3 Å². The lowest BCUT2D eigenvalue weighted by Crippen LogP contribution is -2.51. The van der Waals surface area contributed by atoms with E-state index in [0.29, 0.717) is 12.3 Å². The van der Waals surface area contributed by atoms with Crippen molar-refractivity contribution in [3.8, 4) is 6.07 Å². The Bertz CT molecular complexity index is 853. The van der Waals surface area contributed by atoms with Crippen LogP contribution in [-0.4, -0.2) is 62.3 Å². The first-order valence-electron chi connectivity index (χ1n) is 9.18. The van der Waals surface area contributed by atoms with Crippen molar-refractivity contribution in [2.45, 2.75) is 31.6 Å². The lowest BCUT2D eigenvalue weighted by Gasteiger charge is -2.34. The minimum atomic E-state index is -3.81. The largest absolute Gasteiger partial charge is 0.456 e. The number of hydrogen-bond donors (Lipinski definition) is 0. The molecule has 0 unspecified atom stereocenters. The molecule has 1 aliphatic rings. The maximum Gasteiger partial charge on any atom is 0.306 e. The summed E-state index contributed by atoms with van der Waals surface area (Å²) in [7, 11) is -3.81. The molecule has 1 amide bonds. The summed E-state index contributed by atoms with van der Waals surface area (Å²) in [6.45, 7) is 4.32. The van der Waals surface area contributed by atoms with Crippen LogP contribution in [0.5, 0.6) is 0 Å². The SMILES string of the molecule is CC(C)CCC(=O)OCC(=O)N1CCN(S(=O)(=O)c2ccccc2C#N)CC1. The van der Waals surface area contributed by atoms with Gasteiger partial charge in [0.1, 0.15) is 6.07 Å². The molecule has 1 fully saturated rings. The van der Waals surface area contributed by atoms with Crippen LogP contribution < -0.4 is 0 Å². The van der Waals surface area contributed by atoms with Crippen LogP contribution in [-0.2, 0) is 24.3 Å². The molecule has 1 aromatic carbocycles. The van der Waals surface area contributed by atoms with E-state index in [0.717, 1.165) is 0 Å². The number of piperazine rings is 1. The Morgan fingerprint density at radius 3 is 2.43 bits per heavy atom. The fourth-order valence-corrected chi connectivity index (χ4v) is 4.38. The molecule has 0 spiro atoms. The molecule has 8 nitrogen and oxygen atoms in total. The lowest BCUT2D eigenvalue weighted by molar-refractivity contribution is -0.152. The van der Waals surface area contributed by atoms with Gasteiger partial charge in [-0.15, -0.1) is 0 Å². The molecule has 9 heteroatoms. The molecule has 1 saturated heterocycles. The van der Waals surface area contributed by atoms with Gasteiger partial charge in [-0.1, -0.05) is 26.0 Å². The maximum atomic E-state index is 12.8. The first-order valence-corrected chi connectivity index (χ1v) is 10.6. The fraction of sp³-hybridized carbons (Fsp3) is 0.526. The van der Waals surface area contributed by atoms with E-state index >= 15 is 0 Å². The lowest BCUT2D eigenvalue weighted by atomic mass is 10.1. The minimum Gasteiger partial charge on any atom is -0.456 e. The topological polar surface area (TPSA) is 108 Å². The van der Waals surface area contributed by atoms with Crippen LogP contribution in [0.1, 0.15) is 32.3 Å². The molecule has 0 atom stereocenters. The molecule has 0 radical (unpaired) electrons. The predicted molar refractivity (Wildman–Crippen MR) is 102 cm³/mol. The highest BCUT2D eigenvalue weighted by Gasteiger charge is 2.31. The molecule has 2 rings (SSSR count). The Balaban J connectivity index is 1.89. The van der Waals surface area contributed by atoms with Gasteiger partial charge in [-0.25, -0.2) is 8.42 Å². The van der Waals surface area contributed by atoms with E-state index in [2.05, 4.69) is 0 Å². The third kappa shape index (κ3) is 5.53. The van der Waals surface area contributed by atoms with E-state index < -0.39 is 16.0 Å². The number of carbonyl (C=O) groups is 2. The summed E-state index contributed by atoms with van der Waals surface area (Å²) in [5.74, 6) is -0.367. The molecule has 0 aliphatic carbocycles. The van der Waals surface area contributed by atoms with Crippen molar-refractivity contribution in [3.05, 3.63) is 29.8 Å². The normalized spacial score (nSPS) is 15.3. The zero-order valence-corrected chi connectivity index (χ0v) is 16.9. The van der Waals surface area contributed by atoms with Gasteiger partial charge in [0.2, 0.25) is 10.0 Å². The highest BCUT2D eigenvalue weighted by Crippen LogP contribution is 2.21. The summed E-state index contributed by atoms with van der Waals surface area (Å²) in [6, 6.07) is 7.94. The minimum absolute atomic E-state index is 0.0311. The van der Waals surface area contributed by atoms with Gasteiger partial charge in [0.05, 0.1) is 10.5 Å². The fourth-order valence-electron chi connectivity index (χ4n) is 2.81. The molecule has 1 heterocycles. The van der Waals surface area contributed by atoms with Crippen molar-refractivity contribution in [1.82, 2.24) is 9.21 Å². The Kier molecular flexibility index (Phi) is 7.54. The number of nitrogens with zero attached hydrogens (tertiary/aromatic N) is 3. The van der Waals surface area contributed by atoms with E-state index in [-0.39, 0.29) is 55.6 Å². The molecular weight excluding hydrogens is 382 g/mol. The molecule has 0 N–H and O–H groups in total. The Labute approximate surface area is 165 Å². The highest BCUT2D eigenvalue weighted by atomic mass is 32.2. The molecule has 152 valence electrons. The van der Waals surface area contributed by atoms with Crippen molar-refractivity contribution in [2.75, 3.05) is 32.8 Å². The van der Waals surface area contributed by atoms with Crippen LogP contribution in [0.3, 0.4) is 0 Å². The van der Waals surface area contributed by atoms with Crippen LogP contribution in [0.4, 0.5) is 0 Å². The van der Waals surface area contributed by atoms with Gasteiger partial charge >= 0.3 is 5.97 Å². The summed E-state index contributed by atoms with van der Waals surface area (Å²) in [4.78, 5) is 25.3. The summed E-state index contributed by atoms with van der Waals surface area (Å²) in [6.07, 6.45) is 0.975. The van der Waals surface area contributed by atoms with Crippen LogP contribution in [0.2, 0.25) is 0 Å². The van der Waals surface area contributed by atoms with Gasteiger partial charge < -0.3 is 9.64 Å². The Morgan fingerprint density at radius 2 is 1.82 bits per heavy atom. The van der Waals surface area contributed by atoms with Gasteiger partial charge in [-0.2, -0.15) is 9.57 Å². The second-order valence-corrected chi connectivity index (χ2v) is 8.89. The van der Waals surface area contributed by atoms with E-state index in [4.69, 9.17) is 10.00 Å². The number of benzene rings is 1. The van der Waals surface area contributed by atoms with Crippen molar-refractivity contribution >= 4 is 21.9 Å². The van der Waals surface area contributed by atoms with Gasteiger partial charge in [0, 0.05) is 32.6 Å². The molecule has 1 aromatic rings. The number of rotatable bonds is 7. The number of sulfonamides is 1. The van der Waals surface area contributed by atoms with Crippen molar-refractivity contribution in [1.29, 1.82) is 5.26 Å². The van der Waals surface area contributed by atoms with E-state index in [1.807, 2.05) is 19.9 Å². The average molecular weight is 407 g/mol. The van der Waals surface area contributed by atoms with E-state index in [9.17, 15) is 18.0 Å². The van der Waals surface area contributed by atoms with Crippen LogP contribution in [0, 0.1) is 17.2 Å². The molecule has 1 aliphatic heterocycles. The summed E-state index contributed by atoms with van der Waals surface area (Å²) >= 11 is 0.